The van der Waals surface area contributed by atoms with Crippen LogP contribution in [0.5, 0.6) is 5.88 Å². The normalized spacial score (nSPS) is 16.8. The van der Waals surface area contributed by atoms with E-state index < -0.39 is 0 Å². The molecule has 124 valence electrons. The van der Waals surface area contributed by atoms with Crippen molar-refractivity contribution in [3.05, 3.63) is 46.1 Å². The Balaban J connectivity index is 1.66. The maximum absolute atomic E-state index is 5.43. The Kier molecular flexibility index (Phi) is 4.24. The number of aliphatic imine (C=N–C) groups is 1. The smallest absolute Gasteiger partial charge is 0.222 e. The molecule has 4 rings (SSSR count). The van der Waals surface area contributed by atoms with Gasteiger partial charge in [-0.3, -0.25) is 4.99 Å². The van der Waals surface area contributed by atoms with Crippen molar-refractivity contribution >= 4 is 33.0 Å². The van der Waals surface area contributed by atoms with Gasteiger partial charge in [0.1, 0.15) is 0 Å². The van der Waals surface area contributed by atoms with Crippen molar-refractivity contribution in [3.63, 3.8) is 0 Å². The Bertz CT molecular complexity index is 801. The number of hydrogen-bond donors (Lipinski definition) is 0. The molecule has 0 N–H and O–H groups in total. The molecule has 3 heterocycles. The van der Waals surface area contributed by atoms with Gasteiger partial charge in [-0.2, -0.15) is 0 Å². The van der Waals surface area contributed by atoms with Crippen LogP contribution in [-0.2, 0) is 11.2 Å². The van der Waals surface area contributed by atoms with Crippen LogP contribution in [0.25, 0.3) is 0 Å². The standard InChI is InChI=1S/C18H18BrN3O2/c1-23-18-15(9-13(19)11-20-18)17-8-12-2-3-14(10-16(12)21-17)22-4-6-24-7-5-22/h2-3,9-11H,4-8H2,1H3. The average molecular weight is 388 g/mol. The van der Waals surface area contributed by atoms with E-state index in [1.807, 2.05) is 6.07 Å². The highest BCUT2D eigenvalue weighted by molar-refractivity contribution is 9.10. The van der Waals surface area contributed by atoms with Crippen LogP contribution in [0.1, 0.15) is 11.1 Å². The molecule has 2 aliphatic rings. The first-order valence-electron chi connectivity index (χ1n) is 7.97. The second-order valence-corrected chi connectivity index (χ2v) is 6.77. The fraction of sp³-hybridized carbons (Fsp3) is 0.333. The minimum atomic E-state index is 0.609. The third-order valence-electron chi connectivity index (χ3n) is 4.38. The number of ether oxygens (including phenoxy) is 2. The molecule has 2 aliphatic heterocycles. The zero-order valence-corrected chi connectivity index (χ0v) is 15.0. The summed E-state index contributed by atoms with van der Waals surface area (Å²) >= 11 is 3.48. The molecule has 0 unspecified atom stereocenters. The zero-order valence-electron chi connectivity index (χ0n) is 13.5. The van der Waals surface area contributed by atoms with Crippen LogP contribution in [0.4, 0.5) is 11.4 Å². The number of aromatic nitrogens is 1. The molecule has 1 aromatic heterocycles. The Labute approximate surface area is 149 Å². The molecular formula is C18H18BrN3O2. The average Bonchev–Trinajstić information content (AvgIpc) is 3.05. The number of nitrogens with zero attached hydrogens (tertiary/aromatic N) is 3. The molecule has 1 saturated heterocycles. The molecule has 0 aliphatic carbocycles. The minimum Gasteiger partial charge on any atom is -0.481 e. The van der Waals surface area contributed by atoms with Crippen molar-refractivity contribution in [1.82, 2.24) is 4.98 Å². The first-order chi connectivity index (χ1) is 11.7. The Morgan fingerprint density at radius 1 is 1.21 bits per heavy atom. The molecule has 0 radical (unpaired) electrons. The molecule has 6 heteroatoms. The number of fused-ring (bicyclic) bond motifs is 1. The quantitative estimate of drug-likeness (QED) is 0.809. The van der Waals surface area contributed by atoms with Crippen molar-refractivity contribution in [2.24, 2.45) is 4.99 Å². The number of pyridine rings is 1. The van der Waals surface area contributed by atoms with Crippen molar-refractivity contribution in [2.45, 2.75) is 6.42 Å². The molecule has 0 atom stereocenters. The van der Waals surface area contributed by atoms with Gasteiger partial charge in [-0.25, -0.2) is 4.98 Å². The Morgan fingerprint density at radius 2 is 2.04 bits per heavy atom. The van der Waals surface area contributed by atoms with Crippen molar-refractivity contribution in [2.75, 3.05) is 38.3 Å². The summed E-state index contributed by atoms with van der Waals surface area (Å²) in [5, 5.41) is 0. The largest absolute Gasteiger partial charge is 0.481 e. The zero-order chi connectivity index (χ0) is 16.5. The van der Waals surface area contributed by atoms with Crippen molar-refractivity contribution in [3.8, 4) is 5.88 Å². The topological polar surface area (TPSA) is 47.0 Å². The van der Waals surface area contributed by atoms with Gasteiger partial charge in [0.05, 0.1) is 37.3 Å². The number of hydrogen-bond acceptors (Lipinski definition) is 5. The number of methoxy groups -OCH3 is 1. The fourth-order valence-corrected chi connectivity index (χ4v) is 3.47. The maximum Gasteiger partial charge on any atom is 0.222 e. The fourth-order valence-electron chi connectivity index (χ4n) is 3.14. The Morgan fingerprint density at radius 3 is 2.83 bits per heavy atom. The van der Waals surface area contributed by atoms with Gasteiger partial charge in [0, 0.05) is 35.9 Å². The summed E-state index contributed by atoms with van der Waals surface area (Å²) in [6, 6.07) is 8.54. The van der Waals surface area contributed by atoms with Gasteiger partial charge in [0.15, 0.2) is 0 Å². The third kappa shape index (κ3) is 2.91. The number of benzene rings is 1. The van der Waals surface area contributed by atoms with E-state index in [4.69, 9.17) is 14.5 Å². The van der Waals surface area contributed by atoms with Crippen LogP contribution in [-0.4, -0.2) is 44.1 Å². The summed E-state index contributed by atoms with van der Waals surface area (Å²) in [7, 11) is 1.64. The predicted octanol–water partition coefficient (Wildman–Crippen LogP) is 3.37. The monoisotopic (exact) mass is 387 g/mol. The molecule has 0 saturated carbocycles. The van der Waals surface area contributed by atoms with Crippen molar-refractivity contribution < 1.29 is 9.47 Å². The Hall–Kier alpha value is -1.92. The molecule has 1 aromatic carbocycles. The lowest BCUT2D eigenvalue weighted by Gasteiger charge is -2.29. The van der Waals surface area contributed by atoms with Gasteiger partial charge >= 0.3 is 0 Å². The number of morpholine rings is 1. The van der Waals surface area contributed by atoms with Crippen LogP contribution in [0, 0.1) is 0 Å². The molecule has 0 bridgehead atoms. The summed E-state index contributed by atoms with van der Waals surface area (Å²) in [5.74, 6) is 0.609. The van der Waals surface area contributed by atoms with E-state index in [-0.39, 0.29) is 0 Å². The van der Waals surface area contributed by atoms with E-state index in [1.54, 1.807) is 13.3 Å². The molecule has 2 aromatic rings. The van der Waals surface area contributed by atoms with Crippen LogP contribution in [0.2, 0.25) is 0 Å². The highest BCUT2D eigenvalue weighted by Gasteiger charge is 2.21. The lowest BCUT2D eigenvalue weighted by atomic mass is 10.0. The van der Waals surface area contributed by atoms with Gasteiger partial charge < -0.3 is 14.4 Å². The summed E-state index contributed by atoms with van der Waals surface area (Å²) in [4.78, 5) is 11.5. The van der Waals surface area contributed by atoms with Crippen LogP contribution >= 0.6 is 15.9 Å². The molecular weight excluding hydrogens is 370 g/mol. The number of anilines is 1. The van der Waals surface area contributed by atoms with Gasteiger partial charge in [-0.15, -0.1) is 0 Å². The lowest BCUT2D eigenvalue weighted by molar-refractivity contribution is 0.122. The first-order valence-corrected chi connectivity index (χ1v) is 8.77. The van der Waals surface area contributed by atoms with E-state index in [2.05, 4.69) is 44.0 Å². The number of rotatable bonds is 3. The first kappa shape index (κ1) is 15.6. The van der Waals surface area contributed by atoms with E-state index in [1.165, 1.54) is 11.3 Å². The van der Waals surface area contributed by atoms with E-state index in [0.717, 1.165) is 54.2 Å². The molecule has 0 spiro atoms. The van der Waals surface area contributed by atoms with Gasteiger partial charge in [0.25, 0.3) is 0 Å². The van der Waals surface area contributed by atoms with E-state index in [0.29, 0.717) is 5.88 Å². The van der Waals surface area contributed by atoms with E-state index >= 15 is 0 Å². The van der Waals surface area contributed by atoms with Crippen LogP contribution < -0.4 is 9.64 Å². The molecule has 5 nitrogen and oxygen atoms in total. The SMILES string of the molecule is COc1ncc(Br)cc1C1=Nc2cc(N3CCOCC3)ccc2C1. The summed E-state index contributed by atoms with van der Waals surface area (Å²) in [6.45, 7) is 3.43. The minimum absolute atomic E-state index is 0.609. The van der Waals surface area contributed by atoms with Gasteiger partial charge in [-0.05, 0) is 39.7 Å². The van der Waals surface area contributed by atoms with Crippen molar-refractivity contribution in [1.29, 1.82) is 0 Å². The van der Waals surface area contributed by atoms with Crippen LogP contribution in [0.15, 0.2) is 39.9 Å². The molecule has 24 heavy (non-hydrogen) atoms. The lowest BCUT2D eigenvalue weighted by Crippen LogP contribution is -2.36. The second-order valence-electron chi connectivity index (χ2n) is 5.86. The maximum atomic E-state index is 5.43. The highest BCUT2D eigenvalue weighted by Crippen LogP contribution is 2.35. The second kappa shape index (κ2) is 6.53. The van der Waals surface area contributed by atoms with Gasteiger partial charge in [-0.1, -0.05) is 6.07 Å². The summed E-state index contributed by atoms with van der Waals surface area (Å²) in [5.41, 5.74) is 5.42. The summed E-state index contributed by atoms with van der Waals surface area (Å²) in [6.07, 6.45) is 2.54. The van der Waals surface area contributed by atoms with Crippen LogP contribution in [0.3, 0.4) is 0 Å². The summed E-state index contributed by atoms with van der Waals surface area (Å²) < 4.78 is 11.7. The third-order valence-corrected chi connectivity index (χ3v) is 4.81. The molecule has 1 fully saturated rings. The van der Waals surface area contributed by atoms with E-state index in [9.17, 15) is 0 Å². The predicted molar refractivity (Wildman–Crippen MR) is 97.9 cm³/mol. The highest BCUT2D eigenvalue weighted by atomic mass is 79.9. The van der Waals surface area contributed by atoms with Gasteiger partial charge in [0.2, 0.25) is 5.88 Å². The number of halogens is 1. The molecule has 0 amide bonds.